The molecule has 0 spiro atoms. The van der Waals surface area contributed by atoms with Gasteiger partial charge in [0.2, 0.25) is 5.91 Å². The van der Waals surface area contributed by atoms with Crippen LogP contribution in [0.25, 0.3) is 0 Å². The van der Waals surface area contributed by atoms with Gasteiger partial charge in [0.25, 0.3) is 5.91 Å². The Morgan fingerprint density at radius 2 is 1.77 bits per heavy atom. The second-order valence-electron chi connectivity index (χ2n) is 7.44. The van der Waals surface area contributed by atoms with Crippen molar-refractivity contribution in [2.75, 3.05) is 11.9 Å². The Morgan fingerprint density at radius 1 is 1.13 bits per heavy atom. The highest BCUT2D eigenvalue weighted by atomic mass is 16.5. The number of rotatable bonds is 8. The van der Waals surface area contributed by atoms with Gasteiger partial charge in [-0.1, -0.05) is 18.2 Å². The molecule has 0 aliphatic carbocycles. The fourth-order valence-corrected chi connectivity index (χ4v) is 3.22. The van der Waals surface area contributed by atoms with Crippen molar-refractivity contribution in [3.05, 3.63) is 46.3 Å². The van der Waals surface area contributed by atoms with Crippen molar-refractivity contribution in [1.82, 2.24) is 15.1 Å². The van der Waals surface area contributed by atoms with Crippen LogP contribution in [0.15, 0.2) is 18.2 Å². The number of nitrogens with zero attached hydrogens (tertiary/aromatic N) is 2. The minimum atomic E-state index is -0.985. The minimum absolute atomic E-state index is 0.151. The molecule has 30 heavy (non-hydrogen) atoms. The Balaban J connectivity index is 1.78. The molecule has 8 nitrogen and oxygen atoms in total. The molecule has 162 valence electrons. The first-order chi connectivity index (χ1) is 14.1. The highest BCUT2D eigenvalue weighted by Gasteiger charge is 2.19. The zero-order valence-corrected chi connectivity index (χ0v) is 18.5. The zero-order valence-electron chi connectivity index (χ0n) is 18.5. The SMILES string of the molecule is Cc1cccc(C)c1NC(=O)CNC(=O)C(C)OC(=O)CCc1c(C)nn(C)c1C. The Morgan fingerprint density at radius 3 is 2.33 bits per heavy atom. The number of hydrogen-bond donors (Lipinski definition) is 2. The molecule has 1 unspecified atom stereocenters. The third-order valence-corrected chi connectivity index (χ3v) is 5.08. The van der Waals surface area contributed by atoms with E-state index in [0.29, 0.717) is 6.42 Å². The number of carbonyl (C=O) groups excluding carboxylic acids is 3. The third-order valence-electron chi connectivity index (χ3n) is 5.08. The maximum atomic E-state index is 12.2. The first kappa shape index (κ1) is 23.1. The monoisotopic (exact) mass is 414 g/mol. The molecule has 2 aromatic rings. The lowest BCUT2D eigenvalue weighted by Crippen LogP contribution is -2.40. The molecule has 0 bridgehead atoms. The van der Waals surface area contributed by atoms with E-state index in [2.05, 4.69) is 15.7 Å². The average molecular weight is 415 g/mol. The lowest BCUT2D eigenvalue weighted by Gasteiger charge is -2.15. The van der Waals surface area contributed by atoms with Crippen molar-refractivity contribution in [3.63, 3.8) is 0 Å². The van der Waals surface area contributed by atoms with Gasteiger partial charge in [-0.2, -0.15) is 5.10 Å². The van der Waals surface area contributed by atoms with Gasteiger partial charge in [-0.3, -0.25) is 19.1 Å². The summed E-state index contributed by atoms with van der Waals surface area (Å²) in [4.78, 5) is 36.4. The zero-order chi connectivity index (χ0) is 22.4. The number of nitrogens with one attached hydrogen (secondary N) is 2. The number of hydrogen-bond acceptors (Lipinski definition) is 5. The molecule has 0 aliphatic heterocycles. The van der Waals surface area contributed by atoms with E-state index >= 15 is 0 Å². The molecule has 2 amide bonds. The van der Waals surface area contributed by atoms with E-state index in [1.165, 1.54) is 6.92 Å². The summed E-state index contributed by atoms with van der Waals surface area (Å²) >= 11 is 0. The fraction of sp³-hybridized carbons (Fsp3) is 0.455. The second kappa shape index (κ2) is 10.0. The average Bonchev–Trinajstić information content (AvgIpc) is 2.92. The van der Waals surface area contributed by atoms with Gasteiger partial charge >= 0.3 is 5.97 Å². The van der Waals surface area contributed by atoms with Crippen LogP contribution >= 0.6 is 0 Å². The molecule has 1 atom stereocenters. The van der Waals surface area contributed by atoms with Gasteiger partial charge in [0.15, 0.2) is 6.10 Å². The summed E-state index contributed by atoms with van der Waals surface area (Å²) in [6.45, 7) is 8.92. The van der Waals surface area contributed by atoms with Crippen molar-refractivity contribution in [1.29, 1.82) is 0 Å². The normalized spacial score (nSPS) is 11.7. The van der Waals surface area contributed by atoms with Gasteiger partial charge in [0.05, 0.1) is 12.2 Å². The highest BCUT2D eigenvalue weighted by Crippen LogP contribution is 2.19. The van der Waals surface area contributed by atoms with Crippen molar-refractivity contribution in [3.8, 4) is 0 Å². The van der Waals surface area contributed by atoms with Crippen LogP contribution in [0.5, 0.6) is 0 Å². The number of aryl methyl sites for hydroxylation is 4. The van der Waals surface area contributed by atoms with E-state index in [4.69, 9.17) is 4.74 Å². The van der Waals surface area contributed by atoms with E-state index in [9.17, 15) is 14.4 Å². The number of carbonyl (C=O) groups is 3. The number of benzene rings is 1. The van der Waals surface area contributed by atoms with E-state index < -0.39 is 18.0 Å². The summed E-state index contributed by atoms with van der Waals surface area (Å²) in [6.07, 6.45) is -0.337. The first-order valence-electron chi connectivity index (χ1n) is 9.92. The number of amides is 2. The molecule has 0 saturated heterocycles. The molecule has 1 aromatic heterocycles. The van der Waals surface area contributed by atoms with Gasteiger partial charge in [-0.15, -0.1) is 0 Å². The number of esters is 1. The Kier molecular flexibility index (Phi) is 7.74. The van der Waals surface area contributed by atoms with Gasteiger partial charge in [0.1, 0.15) is 0 Å². The number of para-hydroxylation sites is 1. The lowest BCUT2D eigenvalue weighted by atomic mass is 10.1. The summed E-state index contributed by atoms with van der Waals surface area (Å²) in [5.74, 6) is -1.34. The van der Waals surface area contributed by atoms with Crippen molar-refractivity contribution in [2.45, 2.75) is 53.6 Å². The maximum absolute atomic E-state index is 12.2. The van der Waals surface area contributed by atoms with Gasteiger partial charge in [-0.25, -0.2) is 0 Å². The lowest BCUT2D eigenvalue weighted by molar-refractivity contribution is -0.154. The van der Waals surface area contributed by atoms with E-state index in [0.717, 1.165) is 33.8 Å². The topological polar surface area (TPSA) is 102 Å². The van der Waals surface area contributed by atoms with Crippen LogP contribution in [0.4, 0.5) is 5.69 Å². The fourth-order valence-electron chi connectivity index (χ4n) is 3.22. The number of anilines is 1. The molecule has 1 aromatic carbocycles. The van der Waals surface area contributed by atoms with Crippen LogP contribution in [0.1, 0.15) is 41.4 Å². The number of ether oxygens (including phenoxy) is 1. The number of aromatic nitrogens is 2. The molecule has 0 saturated carbocycles. The van der Waals surface area contributed by atoms with Crippen LogP contribution in [-0.4, -0.2) is 40.2 Å². The quantitative estimate of drug-likeness (QED) is 0.645. The van der Waals surface area contributed by atoms with Crippen molar-refractivity contribution < 1.29 is 19.1 Å². The predicted octanol–water partition coefficient (Wildman–Crippen LogP) is 2.27. The second-order valence-corrected chi connectivity index (χ2v) is 7.44. The smallest absolute Gasteiger partial charge is 0.306 e. The van der Waals surface area contributed by atoms with Crippen LogP contribution in [-0.2, 0) is 32.6 Å². The molecular weight excluding hydrogens is 384 g/mol. The summed E-state index contributed by atoms with van der Waals surface area (Å²) in [7, 11) is 1.85. The molecule has 0 fully saturated rings. The van der Waals surface area contributed by atoms with E-state index in [1.807, 2.05) is 52.9 Å². The van der Waals surface area contributed by atoms with Crippen LogP contribution in [0.3, 0.4) is 0 Å². The Labute approximate surface area is 177 Å². The third kappa shape index (κ3) is 5.92. The van der Waals surface area contributed by atoms with Crippen LogP contribution in [0.2, 0.25) is 0 Å². The molecule has 1 heterocycles. The summed E-state index contributed by atoms with van der Waals surface area (Å²) in [6, 6.07) is 5.71. The Hall–Kier alpha value is -3.16. The van der Waals surface area contributed by atoms with Gasteiger partial charge < -0.3 is 15.4 Å². The summed E-state index contributed by atoms with van der Waals surface area (Å²) in [5, 5.41) is 9.62. The standard InChI is InChI=1S/C22H30N4O4/c1-13-8-7-9-14(2)21(13)24-19(27)12-23-22(29)17(5)30-20(28)11-10-18-15(3)25-26(6)16(18)4/h7-9,17H,10-12H2,1-6H3,(H,23,29)(H,24,27). The van der Waals surface area contributed by atoms with Crippen molar-refractivity contribution in [2.24, 2.45) is 7.05 Å². The minimum Gasteiger partial charge on any atom is -0.453 e. The molecule has 2 rings (SSSR count). The van der Waals surface area contributed by atoms with Crippen molar-refractivity contribution >= 4 is 23.5 Å². The highest BCUT2D eigenvalue weighted by molar-refractivity contribution is 5.96. The molecule has 2 N–H and O–H groups in total. The molecule has 0 radical (unpaired) electrons. The Bertz CT molecular complexity index is 929. The van der Waals surface area contributed by atoms with Crippen LogP contribution in [0, 0.1) is 27.7 Å². The van der Waals surface area contributed by atoms with Gasteiger partial charge in [0, 0.05) is 24.8 Å². The molecule has 0 aliphatic rings. The largest absolute Gasteiger partial charge is 0.453 e. The summed E-state index contributed by atoms with van der Waals surface area (Å²) < 4.78 is 6.97. The molecular formula is C22H30N4O4. The first-order valence-corrected chi connectivity index (χ1v) is 9.92. The van der Waals surface area contributed by atoms with Gasteiger partial charge in [-0.05, 0) is 57.7 Å². The van der Waals surface area contributed by atoms with Crippen LogP contribution < -0.4 is 10.6 Å². The van der Waals surface area contributed by atoms with E-state index in [-0.39, 0.29) is 18.9 Å². The molecule has 8 heteroatoms. The predicted molar refractivity (Wildman–Crippen MR) is 114 cm³/mol. The maximum Gasteiger partial charge on any atom is 0.306 e. The summed E-state index contributed by atoms with van der Waals surface area (Å²) in [5.41, 5.74) is 5.50. The van der Waals surface area contributed by atoms with E-state index in [1.54, 1.807) is 4.68 Å².